The second kappa shape index (κ2) is 6.43. The predicted octanol–water partition coefficient (Wildman–Crippen LogP) is 3.69. The molecule has 1 rings (SSSR count). The maximum absolute atomic E-state index is 11.2. The molecule has 1 atom stereocenters. The molecular formula is C15H23NO2. The van der Waals surface area contributed by atoms with Gasteiger partial charge in [-0.25, -0.2) is 4.79 Å². The maximum Gasteiger partial charge on any atom is 0.329 e. The Morgan fingerprint density at radius 2 is 1.89 bits per heavy atom. The highest BCUT2D eigenvalue weighted by atomic mass is 16.4. The fourth-order valence-electron chi connectivity index (χ4n) is 1.75. The van der Waals surface area contributed by atoms with Crippen LogP contribution in [-0.4, -0.2) is 16.6 Å². The second-order valence-electron chi connectivity index (χ2n) is 4.92. The second-order valence-corrected chi connectivity index (χ2v) is 4.92. The van der Waals surface area contributed by atoms with Crippen molar-refractivity contribution in [3.05, 3.63) is 29.8 Å². The summed E-state index contributed by atoms with van der Waals surface area (Å²) in [7, 11) is 0. The van der Waals surface area contributed by atoms with E-state index in [4.69, 9.17) is 0 Å². The normalized spacial score (nSPS) is 13.9. The first kappa shape index (κ1) is 14.6. The van der Waals surface area contributed by atoms with Gasteiger partial charge in [0.15, 0.2) is 0 Å². The van der Waals surface area contributed by atoms with Crippen molar-refractivity contribution in [3.63, 3.8) is 0 Å². The quantitative estimate of drug-likeness (QED) is 0.774. The van der Waals surface area contributed by atoms with Gasteiger partial charge in [-0.1, -0.05) is 32.4 Å². The zero-order valence-electron chi connectivity index (χ0n) is 11.5. The number of nitrogens with one attached hydrogen (secondary N) is 1. The number of aliphatic carboxylic acids is 1. The Hall–Kier alpha value is -1.51. The summed E-state index contributed by atoms with van der Waals surface area (Å²) in [5, 5.41) is 12.3. The number of hydrogen-bond donors (Lipinski definition) is 2. The van der Waals surface area contributed by atoms with E-state index in [-0.39, 0.29) is 0 Å². The summed E-state index contributed by atoms with van der Waals surface area (Å²) in [4.78, 5) is 11.2. The van der Waals surface area contributed by atoms with Crippen molar-refractivity contribution in [2.24, 2.45) is 0 Å². The molecule has 0 saturated heterocycles. The Morgan fingerprint density at radius 1 is 1.28 bits per heavy atom. The van der Waals surface area contributed by atoms with Crippen molar-refractivity contribution < 1.29 is 9.90 Å². The minimum absolute atomic E-state index is 0.542. The Balaban J connectivity index is 2.71. The van der Waals surface area contributed by atoms with Crippen molar-refractivity contribution >= 4 is 11.7 Å². The van der Waals surface area contributed by atoms with Gasteiger partial charge in [0.2, 0.25) is 0 Å². The van der Waals surface area contributed by atoms with E-state index >= 15 is 0 Å². The van der Waals surface area contributed by atoms with Crippen LogP contribution in [0.4, 0.5) is 5.69 Å². The molecule has 0 aromatic heterocycles. The summed E-state index contributed by atoms with van der Waals surface area (Å²) >= 11 is 0. The van der Waals surface area contributed by atoms with Crippen LogP contribution in [0.15, 0.2) is 24.3 Å². The van der Waals surface area contributed by atoms with Crippen LogP contribution < -0.4 is 5.32 Å². The van der Waals surface area contributed by atoms with Crippen molar-refractivity contribution in [2.75, 3.05) is 5.32 Å². The lowest BCUT2D eigenvalue weighted by atomic mass is 9.98. The van der Waals surface area contributed by atoms with Gasteiger partial charge >= 0.3 is 5.97 Å². The Labute approximate surface area is 109 Å². The summed E-state index contributed by atoms with van der Waals surface area (Å²) in [6, 6.07) is 8.05. The van der Waals surface area contributed by atoms with Gasteiger partial charge in [-0.15, -0.1) is 0 Å². The van der Waals surface area contributed by atoms with Crippen LogP contribution in [0, 0.1) is 0 Å². The van der Waals surface area contributed by atoms with Crippen molar-refractivity contribution in [2.45, 2.75) is 52.0 Å². The summed E-state index contributed by atoms with van der Waals surface area (Å²) in [5.41, 5.74) is 1.27. The molecule has 0 aliphatic heterocycles. The van der Waals surface area contributed by atoms with Crippen LogP contribution in [0.25, 0.3) is 0 Å². The summed E-state index contributed by atoms with van der Waals surface area (Å²) in [6.07, 6.45) is 4.00. The molecule has 0 fully saturated rings. The predicted molar refractivity (Wildman–Crippen MR) is 75.0 cm³/mol. The topological polar surface area (TPSA) is 49.3 Å². The Morgan fingerprint density at radius 3 is 2.33 bits per heavy atom. The van der Waals surface area contributed by atoms with Gasteiger partial charge in [0, 0.05) is 5.69 Å². The van der Waals surface area contributed by atoms with E-state index in [1.165, 1.54) is 18.4 Å². The molecule has 3 heteroatoms. The Kier molecular flexibility index (Phi) is 5.20. The third kappa shape index (κ3) is 3.76. The molecule has 0 amide bonds. The fourth-order valence-corrected chi connectivity index (χ4v) is 1.75. The average Bonchev–Trinajstić information content (AvgIpc) is 2.37. The highest BCUT2D eigenvalue weighted by molar-refractivity contribution is 5.82. The number of carboxylic acid groups (broad SMARTS) is 1. The molecule has 1 unspecified atom stereocenters. The number of hydrogen-bond acceptors (Lipinski definition) is 2. The number of carboxylic acids is 1. The zero-order valence-corrected chi connectivity index (χ0v) is 11.5. The minimum atomic E-state index is -0.898. The molecule has 0 aliphatic rings. The molecule has 1 aromatic rings. The molecule has 0 spiro atoms. The molecule has 0 aliphatic carbocycles. The third-order valence-corrected chi connectivity index (χ3v) is 3.37. The molecular weight excluding hydrogens is 226 g/mol. The van der Waals surface area contributed by atoms with E-state index in [1.807, 2.05) is 19.1 Å². The highest BCUT2D eigenvalue weighted by Crippen LogP contribution is 2.19. The van der Waals surface area contributed by atoms with Gasteiger partial charge in [0.05, 0.1) is 0 Å². The molecule has 18 heavy (non-hydrogen) atoms. The summed E-state index contributed by atoms with van der Waals surface area (Å²) in [6.45, 7) is 5.76. The number of carbonyl (C=O) groups is 1. The van der Waals surface area contributed by atoms with Gasteiger partial charge in [-0.2, -0.15) is 0 Å². The lowest BCUT2D eigenvalue weighted by Crippen LogP contribution is -2.42. The molecule has 100 valence electrons. The summed E-state index contributed by atoms with van der Waals surface area (Å²) in [5.74, 6) is -0.819. The zero-order chi connectivity index (χ0) is 13.6. The first-order valence-corrected chi connectivity index (χ1v) is 6.62. The number of unbranched alkanes of at least 4 members (excludes halogenated alkanes) is 1. The van der Waals surface area contributed by atoms with Gasteiger partial charge in [-0.05, 0) is 43.9 Å². The molecule has 3 nitrogen and oxygen atoms in total. The molecule has 1 aromatic carbocycles. The van der Waals surface area contributed by atoms with Crippen LogP contribution in [0.2, 0.25) is 0 Å². The van der Waals surface area contributed by atoms with Crippen LogP contribution in [0.5, 0.6) is 0 Å². The van der Waals surface area contributed by atoms with Crippen LogP contribution in [0.3, 0.4) is 0 Å². The largest absolute Gasteiger partial charge is 0.480 e. The van der Waals surface area contributed by atoms with Crippen molar-refractivity contribution in [1.29, 1.82) is 0 Å². The summed E-state index contributed by atoms with van der Waals surface area (Å²) < 4.78 is 0. The third-order valence-electron chi connectivity index (χ3n) is 3.37. The lowest BCUT2D eigenvalue weighted by molar-refractivity contribution is -0.141. The van der Waals surface area contributed by atoms with E-state index in [9.17, 15) is 9.90 Å². The maximum atomic E-state index is 11.2. The molecule has 0 saturated carbocycles. The van der Waals surface area contributed by atoms with Gasteiger partial charge in [0.25, 0.3) is 0 Å². The first-order valence-electron chi connectivity index (χ1n) is 6.62. The van der Waals surface area contributed by atoms with Crippen LogP contribution >= 0.6 is 0 Å². The smallest absolute Gasteiger partial charge is 0.329 e. The van der Waals surface area contributed by atoms with Gasteiger partial charge in [-0.3, -0.25) is 0 Å². The monoisotopic (exact) mass is 249 g/mol. The van der Waals surface area contributed by atoms with E-state index < -0.39 is 11.5 Å². The first-order chi connectivity index (χ1) is 8.51. The fraction of sp³-hybridized carbons (Fsp3) is 0.533. The van der Waals surface area contributed by atoms with Crippen molar-refractivity contribution in [1.82, 2.24) is 0 Å². The van der Waals surface area contributed by atoms with E-state index in [2.05, 4.69) is 24.4 Å². The minimum Gasteiger partial charge on any atom is -0.480 e. The molecule has 0 radical (unpaired) electrons. The highest BCUT2D eigenvalue weighted by Gasteiger charge is 2.30. The van der Waals surface area contributed by atoms with E-state index in [0.717, 1.165) is 12.1 Å². The molecule has 0 heterocycles. The van der Waals surface area contributed by atoms with E-state index in [0.29, 0.717) is 6.42 Å². The van der Waals surface area contributed by atoms with Gasteiger partial charge in [0.1, 0.15) is 5.54 Å². The van der Waals surface area contributed by atoms with Crippen LogP contribution in [0.1, 0.15) is 45.6 Å². The number of aryl methyl sites for hydroxylation is 1. The number of anilines is 1. The average molecular weight is 249 g/mol. The molecule has 2 N–H and O–H groups in total. The van der Waals surface area contributed by atoms with Gasteiger partial charge < -0.3 is 10.4 Å². The number of benzene rings is 1. The Bertz CT molecular complexity index is 386. The van der Waals surface area contributed by atoms with Crippen LogP contribution in [-0.2, 0) is 11.2 Å². The number of rotatable bonds is 7. The molecule has 0 bridgehead atoms. The van der Waals surface area contributed by atoms with Crippen molar-refractivity contribution in [3.8, 4) is 0 Å². The van der Waals surface area contributed by atoms with E-state index in [1.54, 1.807) is 6.92 Å². The SMILES string of the molecule is CCCCc1ccc(NC(C)(CC)C(=O)O)cc1. The lowest BCUT2D eigenvalue weighted by Gasteiger charge is -2.26. The standard InChI is InChI=1S/C15H23NO2/c1-4-6-7-12-8-10-13(11-9-12)16-15(3,5-2)14(17)18/h8-11,16H,4-7H2,1-3H3,(H,17,18).